The predicted octanol–water partition coefficient (Wildman–Crippen LogP) is 17.2. The number of hydrogen-bond acceptors (Lipinski definition) is 0. The summed E-state index contributed by atoms with van der Waals surface area (Å²) in [5.41, 5.74) is 32.6. The second-order valence-electron chi connectivity index (χ2n) is 20.0. The summed E-state index contributed by atoms with van der Waals surface area (Å²) in [5, 5.41) is 0. The van der Waals surface area contributed by atoms with Crippen molar-refractivity contribution in [3.8, 4) is 44.5 Å². The van der Waals surface area contributed by atoms with Crippen molar-refractivity contribution in [1.82, 2.24) is 0 Å². The molecule has 69 heavy (non-hydrogen) atoms. The zero-order valence-electron chi connectivity index (χ0n) is 40.5. The van der Waals surface area contributed by atoms with Crippen LogP contribution in [0, 0.1) is 41.5 Å². The molecular weight excluding hydrogens is 829 g/mol. The van der Waals surface area contributed by atoms with E-state index in [0.29, 0.717) is 0 Å². The van der Waals surface area contributed by atoms with Crippen LogP contribution in [-0.4, -0.2) is 0 Å². The molecule has 0 unspecified atom stereocenters. The van der Waals surface area contributed by atoms with Crippen molar-refractivity contribution in [3.05, 3.63) is 307 Å². The third-order valence-corrected chi connectivity index (χ3v) is 15.5. The van der Waals surface area contributed by atoms with E-state index in [9.17, 15) is 0 Å². The van der Waals surface area contributed by atoms with Gasteiger partial charge in [0, 0.05) is 0 Å². The van der Waals surface area contributed by atoms with Crippen LogP contribution in [0.4, 0.5) is 0 Å². The van der Waals surface area contributed by atoms with Crippen molar-refractivity contribution in [2.75, 3.05) is 0 Å². The van der Waals surface area contributed by atoms with E-state index in [2.05, 4.69) is 260 Å². The van der Waals surface area contributed by atoms with E-state index in [0.717, 1.165) is 6.42 Å². The minimum Gasteiger partial charge on any atom is -0.0622 e. The third-order valence-electron chi connectivity index (χ3n) is 15.5. The first kappa shape index (κ1) is 42.5. The van der Waals surface area contributed by atoms with Crippen molar-refractivity contribution in [2.45, 2.75) is 58.8 Å². The molecular formula is C69H56. The molecule has 0 bridgehead atoms. The molecule has 0 heterocycles. The molecule has 0 saturated heterocycles. The normalized spacial score (nSPS) is 13.8. The summed E-state index contributed by atoms with van der Waals surface area (Å²) in [5.74, 6) is 0. The van der Waals surface area contributed by atoms with Crippen molar-refractivity contribution < 1.29 is 0 Å². The summed E-state index contributed by atoms with van der Waals surface area (Å²) in [4.78, 5) is 0. The number of hydrogen-bond donors (Lipinski definition) is 0. The van der Waals surface area contributed by atoms with Crippen LogP contribution in [0.15, 0.2) is 218 Å². The van der Waals surface area contributed by atoms with Gasteiger partial charge in [0.2, 0.25) is 0 Å². The summed E-state index contributed by atoms with van der Waals surface area (Å²) in [6.45, 7) is 13.1. The van der Waals surface area contributed by atoms with Gasteiger partial charge in [0.25, 0.3) is 0 Å². The van der Waals surface area contributed by atoms with E-state index in [1.807, 2.05) is 0 Å². The van der Waals surface area contributed by atoms with Gasteiger partial charge in [-0.2, -0.15) is 0 Å². The van der Waals surface area contributed by atoms with Crippen LogP contribution in [0.25, 0.3) is 44.5 Å². The Balaban J connectivity index is 0.000000112. The molecule has 0 N–H and O–H groups in total. The summed E-state index contributed by atoms with van der Waals surface area (Å²) in [6.07, 6.45) is 1.10. The fourth-order valence-corrected chi connectivity index (χ4v) is 12.5. The standard InChI is InChI=1S/C27H20.C27H22.C15H14/c1-17-11-13-21-22-14-12-18(2)16-26(22)27(25(21)15-17)23-9-5-3-7-19(23)20-8-4-6-10-24(20)27;1-19-13-15-23-24-16-14-20(2)18-26(24)27(25(23)17-19,21-9-5-3-6-10-21)22-11-7-4-8-12-22;1-10-3-5-12-9-13-6-4-11(2)8-15(13)14(12)7-10/h3-16H,1-2H3;3-18H,1-2H3;3-8H,9H2,1-2H3. The van der Waals surface area contributed by atoms with Crippen LogP contribution in [0.1, 0.15) is 89.0 Å². The molecule has 0 amide bonds. The number of benzene rings is 10. The van der Waals surface area contributed by atoms with Gasteiger partial charge in [-0.15, -0.1) is 0 Å². The average molecular weight is 885 g/mol. The Kier molecular flexibility index (Phi) is 10.2. The highest BCUT2D eigenvalue weighted by Gasteiger charge is 2.51. The van der Waals surface area contributed by atoms with Gasteiger partial charge in [-0.25, -0.2) is 0 Å². The molecule has 0 nitrogen and oxygen atoms in total. The predicted molar refractivity (Wildman–Crippen MR) is 290 cm³/mol. The van der Waals surface area contributed by atoms with Crippen LogP contribution in [-0.2, 0) is 17.3 Å². The van der Waals surface area contributed by atoms with Gasteiger partial charge in [-0.1, -0.05) is 252 Å². The molecule has 0 aromatic heterocycles. The lowest BCUT2D eigenvalue weighted by molar-refractivity contribution is 0.766. The SMILES string of the molecule is Cc1ccc2c(c1)-c1cc(C)ccc1C2.Cc1ccc2c(c1)C(c1ccccc1)(c1ccccc1)c1cc(C)ccc1-2.Cc1ccc2c(c1)C1(c3ccccc3-c3ccccc31)c1cc(C)ccc1-2. The number of rotatable bonds is 2. The number of aryl methyl sites for hydroxylation is 6. The smallest absolute Gasteiger partial charge is 0.0622 e. The Bertz CT molecular complexity index is 3300. The molecule has 4 aliphatic carbocycles. The summed E-state index contributed by atoms with van der Waals surface area (Å²) in [7, 11) is 0. The maximum absolute atomic E-state index is 2.41. The Morgan fingerprint density at radius 1 is 0.232 bits per heavy atom. The molecule has 14 rings (SSSR count). The highest BCUT2D eigenvalue weighted by molar-refractivity contribution is 5.95. The zero-order valence-corrected chi connectivity index (χ0v) is 40.5. The van der Waals surface area contributed by atoms with E-state index < -0.39 is 0 Å². The molecule has 0 radical (unpaired) electrons. The average Bonchev–Trinajstić information content (AvgIpc) is 4.06. The van der Waals surface area contributed by atoms with Crippen LogP contribution in [0.3, 0.4) is 0 Å². The third kappa shape index (κ3) is 6.57. The first-order valence-electron chi connectivity index (χ1n) is 24.6. The minimum atomic E-state index is -0.273. The summed E-state index contributed by atoms with van der Waals surface area (Å²) >= 11 is 0. The van der Waals surface area contributed by atoms with E-state index in [1.54, 1.807) is 0 Å². The highest BCUT2D eigenvalue weighted by Crippen LogP contribution is 2.63. The molecule has 0 saturated carbocycles. The highest BCUT2D eigenvalue weighted by atomic mass is 14.5. The van der Waals surface area contributed by atoms with E-state index in [4.69, 9.17) is 0 Å². The topological polar surface area (TPSA) is 0 Å². The van der Waals surface area contributed by atoms with Crippen molar-refractivity contribution >= 4 is 0 Å². The van der Waals surface area contributed by atoms with Gasteiger partial charge in [0.15, 0.2) is 0 Å². The van der Waals surface area contributed by atoms with Crippen LogP contribution >= 0.6 is 0 Å². The van der Waals surface area contributed by atoms with E-state index in [1.165, 1.54) is 134 Å². The van der Waals surface area contributed by atoms with E-state index in [-0.39, 0.29) is 10.8 Å². The fraction of sp³-hybridized carbons (Fsp3) is 0.130. The second kappa shape index (κ2) is 16.5. The quantitative estimate of drug-likeness (QED) is 0.162. The minimum absolute atomic E-state index is 0.199. The molecule has 0 fully saturated rings. The monoisotopic (exact) mass is 884 g/mol. The number of fused-ring (bicyclic) bond motifs is 16. The Morgan fingerprint density at radius 2 is 0.522 bits per heavy atom. The van der Waals surface area contributed by atoms with Gasteiger partial charge in [0.1, 0.15) is 0 Å². The lowest BCUT2D eigenvalue weighted by atomic mass is 9.67. The van der Waals surface area contributed by atoms with Crippen LogP contribution in [0.5, 0.6) is 0 Å². The lowest BCUT2D eigenvalue weighted by Gasteiger charge is -2.34. The molecule has 10 aromatic carbocycles. The van der Waals surface area contributed by atoms with Crippen molar-refractivity contribution in [1.29, 1.82) is 0 Å². The summed E-state index contributed by atoms with van der Waals surface area (Å²) in [6, 6.07) is 81.2. The maximum Gasteiger partial charge on any atom is 0.0725 e. The largest absolute Gasteiger partial charge is 0.0725 e. The molecule has 4 aliphatic rings. The molecule has 0 aliphatic heterocycles. The molecule has 10 aromatic rings. The van der Waals surface area contributed by atoms with Gasteiger partial charge < -0.3 is 0 Å². The second-order valence-corrected chi connectivity index (χ2v) is 20.0. The van der Waals surface area contributed by atoms with Gasteiger partial charge in [-0.05, 0) is 148 Å². The Hall–Kier alpha value is -7.80. The van der Waals surface area contributed by atoms with Crippen molar-refractivity contribution in [3.63, 3.8) is 0 Å². The van der Waals surface area contributed by atoms with Crippen LogP contribution < -0.4 is 0 Å². The first-order chi connectivity index (χ1) is 33.7. The van der Waals surface area contributed by atoms with E-state index >= 15 is 0 Å². The molecule has 1 spiro atoms. The molecule has 0 heteroatoms. The Labute approximate surface area is 408 Å². The molecule has 0 atom stereocenters. The van der Waals surface area contributed by atoms with Gasteiger partial charge in [0.05, 0.1) is 10.8 Å². The molecule has 332 valence electrons. The van der Waals surface area contributed by atoms with Crippen LogP contribution in [0.2, 0.25) is 0 Å². The lowest BCUT2D eigenvalue weighted by Crippen LogP contribution is -2.28. The maximum atomic E-state index is 2.41. The first-order valence-corrected chi connectivity index (χ1v) is 24.6. The van der Waals surface area contributed by atoms with Gasteiger partial charge >= 0.3 is 0 Å². The Morgan fingerprint density at radius 3 is 0.899 bits per heavy atom. The fourth-order valence-electron chi connectivity index (χ4n) is 12.5. The summed E-state index contributed by atoms with van der Waals surface area (Å²) < 4.78 is 0. The van der Waals surface area contributed by atoms with Crippen molar-refractivity contribution in [2.24, 2.45) is 0 Å². The zero-order chi connectivity index (χ0) is 47.0. The van der Waals surface area contributed by atoms with Gasteiger partial charge in [-0.3, -0.25) is 0 Å².